The average molecular weight is 295 g/mol. The lowest BCUT2D eigenvalue weighted by Gasteiger charge is -2.07. The molecule has 1 heterocycles. The number of ketones is 1. The van der Waals surface area contributed by atoms with Gasteiger partial charge in [0.15, 0.2) is 5.78 Å². The quantitative estimate of drug-likeness (QED) is 0.752. The summed E-state index contributed by atoms with van der Waals surface area (Å²) in [5.41, 5.74) is 3.71. The summed E-state index contributed by atoms with van der Waals surface area (Å²) in [5.74, 6) is 0.0833. The van der Waals surface area contributed by atoms with Gasteiger partial charge in [0.1, 0.15) is 0 Å². The Hall–Kier alpha value is -0.930. The van der Waals surface area contributed by atoms with Crippen LogP contribution in [0, 0.1) is 13.8 Å². The smallest absolute Gasteiger partial charge is 0.195 e. The Kier molecular flexibility index (Phi) is 3.26. The van der Waals surface area contributed by atoms with Crippen molar-refractivity contribution in [1.82, 2.24) is 0 Å². The van der Waals surface area contributed by atoms with Crippen LogP contribution in [0.15, 0.2) is 33.4 Å². The molecule has 0 amide bonds. The van der Waals surface area contributed by atoms with Crippen LogP contribution in [0.5, 0.6) is 0 Å². The summed E-state index contributed by atoms with van der Waals surface area (Å²) >= 11 is 5.02. The molecule has 0 unspecified atom stereocenters. The van der Waals surface area contributed by atoms with E-state index in [0.29, 0.717) is 0 Å². The molecule has 0 atom stereocenters. The standard InChI is InChI=1S/C13H11BrOS/c1-8-5-9(2)12(14)11(6-8)13(15)10-3-4-16-7-10/h3-7H,1-2H3. The number of halogens is 1. The van der Waals surface area contributed by atoms with Crippen molar-refractivity contribution in [3.8, 4) is 0 Å². The van der Waals surface area contributed by atoms with E-state index in [2.05, 4.69) is 22.0 Å². The van der Waals surface area contributed by atoms with E-state index >= 15 is 0 Å². The van der Waals surface area contributed by atoms with Gasteiger partial charge in [-0.2, -0.15) is 11.3 Å². The summed E-state index contributed by atoms with van der Waals surface area (Å²) in [6.45, 7) is 4.01. The van der Waals surface area contributed by atoms with Crippen molar-refractivity contribution >= 4 is 33.0 Å². The predicted molar refractivity (Wildman–Crippen MR) is 71.4 cm³/mol. The molecule has 2 aromatic rings. The van der Waals surface area contributed by atoms with Crippen molar-refractivity contribution in [3.63, 3.8) is 0 Å². The Morgan fingerprint density at radius 3 is 2.69 bits per heavy atom. The zero-order chi connectivity index (χ0) is 11.7. The van der Waals surface area contributed by atoms with E-state index in [9.17, 15) is 4.79 Å². The van der Waals surface area contributed by atoms with E-state index in [1.165, 1.54) is 0 Å². The van der Waals surface area contributed by atoms with Crippen LogP contribution in [0.4, 0.5) is 0 Å². The number of benzene rings is 1. The molecule has 0 aliphatic carbocycles. The number of hydrogen-bond acceptors (Lipinski definition) is 2. The highest BCUT2D eigenvalue weighted by Gasteiger charge is 2.14. The van der Waals surface area contributed by atoms with Crippen molar-refractivity contribution in [2.75, 3.05) is 0 Å². The number of carbonyl (C=O) groups excluding carboxylic acids is 1. The molecule has 3 heteroatoms. The van der Waals surface area contributed by atoms with E-state index in [-0.39, 0.29) is 5.78 Å². The molecular weight excluding hydrogens is 284 g/mol. The monoisotopic (exact) mass is 294 g/mol. The van der Waals surface area contributed by atoms with E-state index < -0.39 is 0 Å². The minimum atomic E-state index is 0.0833. The maximum absolute atomic E-state index is 12.2. The minimum absolute atomic E-state index is 0.0833. The molecule has 0 radical (unpaired) electrons. The Morgan fingerprint density at radius 2 is 2.06 bits per heavy atom. The number of carbonyl (C=O) groups is 1. The number of rotatable bonds is 2. The molecule has 0 aliphatic rings. The fraction of sp³-hybridized carbons (Fsp3) is 0.154. The molecule has 0 fully saturated rings. The molecule has 0 saturated heterocycles. The molecule has 0 N–H and O–H groups in total. The summed E-state index contributed by atoms with van der Waals surface area (Å²) in [6.07, 6.45) is 0. The highest BCUT2D eigenvalue weighted by Crippen LogP contribution is 2.26. The molecule has 1 aromatic heterocycles. The van der Waals surface area contributed by atoms with Gasteiger partial charge in [-0.3, -0.25) is 4.79 Å². The van der Waals surface area contributed by atoms with Crippen molar-refractivity contribution in [1.29, 1.82) is 0 Å². The maximum Gasteiger partial charge on any atom is 0.195 e. The third-order valence-corrected chi connectivity index (χ3v) is 4.16. The molecular formula is C13H11BrOS. The van der Waals surface area contributed by atoms with Crippen molar-refractivity contribution in [2.45, 2.75) is 13.8 Å². The lowest BCUT2D eigenvalue weighted by atomic mass is 10.0. The topological polar surface area (TPSA) is 17.1 Å². The van der Waals surface area contributed by atoms with Gasteiger partial charge in [-0.05, 0) is 52.9 Å². The first-order valence-electron chi connectivity index (χ1n) is 4.93. The van der Waals surface area contributed by atoms with Gasteiger partial charge in [0.2, 0.25) is 0 Å². The molecule has 0 spiro atoms. The summed E-state index contributed by atoms with van der Waals surface area (Å²) in [4.78, 5) is 12.2. The molecule has 82 valence electrons. The second kappa shape index (κ2) is 4.52. The molecule has 1 nitrogen and oxygen atoms in total. The van der Waals surface area contributed by atoms with Gasteiger partial charge in [-0.25, -0.2) is 0 Å². The van der Waals surface area contributed by atoms with Crippen molar-refractivity contribution in [2.24, 2.45) is 0 Å². The zero-order valence-corrected chi connectivity index (χ0v) is 11.5. The lowest BCUT2D eigenvalue weighted by molar-refractivity contribution is 0.103. The summed E-state index contributed by atoms with van der Waals surface area (Å²) in [6, 6.07) is 5.85. The fourth-order valence-electron chi connectivity index (χ4n) is 1.66. The van der Waals surface area contributed by atoms with Crippen molar-refractivity contribution in [3.05, 3.63) is 55.7 Å². The Morgan fingerprint density at radius 1 is 1.31 bits per heavy atom. The normalized spacial score (nSPS) is 10.4. The Bertz CT molecular complexity index is 529. The third kappa shape index (κ3) is 2.11. The number of aryl methyl sites for hydroxylation is 2. The fourth-order valence-corrected chi connectivity index (χ4v) is 2.71. The molecule has 1 aromatic carbocycles. The van der Waals surface area contributed by atoms with E-state index in [1.54, 1.807) is 11.3 Å². The van der Waals surface area contributed by atoms with Gasteiger partial charge in [-0.1, -0.05) is 11.6 Å². The van der Waals surface area contributed by atoms with Crippen LogP contribution in [0.3, 0.4) is 0 Å². The largest absolute Gasteiger partial charge is 0.289 e. The first-order chi connectivity index (χ1) is 7.59. The number of hydrogen-bond donors (Lipinski definition) is 0. The molecule has 0 saturated carbocycles. The first kappa shape index (κ1) is 11.6. The van der Waals surface area contributed by atoms with Crippen LogP contribution < -0.4 is 0 Å². The molecule has 0 aliphatic heterocycles. The van der Waals surface area contributed by atoms with Crippen LogP contribution in [0.2, 0.25) is 0 Å². The lowest BCUT2D eigenvalue weighted by Crippen LogP contribution is -2.02. The maximum atomic E-state index is 12.2. The molecule has 2 rings (SSSR count). The summed E-state index contributed by atoms with van der Waals surface area (Å²) in [5, 5.41) is 3.80. The average Bonchev–Trinajstić information content (AvgIpc) is 2.75. The van der Waals surface area contributed by atoms with Crippen LogP contribution in [-0.4, -0.2) is 5.78 Å². The van der Waals surface area contributed by atoms with Crippen LogP contribution in [0.1, 0.15) is 27.0 Å². The van der Waals surface area contributed by atoms with Gasteiger partial charge >= 0.3 is 0 Å². The van der Waals surface area contributed by atoms with Gasteiger partial charge < -0.3 is 0 Å². The minimum Gasteiger partial charge on any atom is -0.289 e. The van der Waals surface area contributed by atoms with E-state index in [1.807, 2.05) is 36.7 Å². The second-order valence-electron chi connectivity index (χ2n) is 3.78. The summed E-state index contributed by atoms with van der Waals surface area (Å²) in [7, 11) is 0. The summed E-state index contributed by atoms with van der Waals surface area (Å²) < 4.78 is 0.898. The predicted octanol–water partition coefficient (Wildman–Crippen LogP) is 4.36. The van der Waals surface area contributed by atoms with Crippen LogP contribution in [0.25, 0.3) is 0 Å². The Balaban J connectivity index is 2.52. The van der Waals surface area contributed by atoms with Crippen LogP contribution >= 0.6 is 27.3 Å². The van der Waals surface area contributed by atoms with E-state index in [4.69, 9.17) is 0 Å². The van der Waals surface area contributed by atoms with E-state index in [0.717, 1.165) is 26.7 Å². The number of thiophene rings is 1. The second-order valence-corrected chi connectivity index (χ2v) is 5.36. The molecule has 0 bridgehead atoms. The van der Waals surface area contributed by atoms with Gasteiger partial charge in [-0.15, -0.1) is 0 Å². The van der Waals surface area contributed by atoms with Crippen molar-refractivity contribution < 1.29 is 4.79 Å². The van der Waals surface area contributed by atoms with Crippen LogP contribution in [-0.2, 0) is 0 Å². The Labute approximate surface area is 107 Å². The molecule has 16 heavy (non-hydrogen) atoms. The zero-order valence-electron chi connectivity index (χ0n) is 9.08. The highest BCUT2D eigenvalue weighted by atomic mass is 79.9. The third-order valence-electron chi connectivity index (χ3n) is 2.43. The SMILES string of the molecule is Cc1cc(C)c(Br)c(C(=O)c2ccsc2)c1. The highest BCUT2D eigenvalue weighted by molar-refractivity contribution is 9.10. The van der Waals surface area contributed by atoms with Gasteiger partial charge in [0.05, 0.1) is 0 Å². The van der Waals surface area contributed by atoms with Gasteiger partial charge in [0, 0.05) is 21.0 Å². The first-order valence-corrected chi connectivity index (χ1v) is 6.67. The van der Waals surface area contributed by atoms with Gasteiger partial charge in [0.25, 0.3) is 0 Å².